The third-order valence-electron chi connectivity index (χ3n) is 4.02. The Hall–Kier alpha value is -2.82. The number of carbonyl (C=O) groups is 2. The molecule has 138 valence electrons. The molecule has 5 heteroatoms. The summed E-state index contributed by atoms with van der Waals surface area (Å²) in [7, 11) is 0. The van der Waals surface area contributed by atoms with Gasteiger partial charge in [-0.1, -0.05) is 32.0 Å². The van der Waals surface area contributed by atoms with Crippen LogP contribution in [0.4, 0.5) is 5.69 Å². The molecule has 0 aliphatic rings. The van der Waals surface area contributed by atoms with Crippen LogP contribution in [0.15, 0.2) is 42.5 Å². The summed E-state index contributed by atoms with van der Waals surface area (Å²) in [5.41, 5.74) is 3.30. The first-order valence-corrected chi connectivity index (χ1v) is 8.82. The fourth-order valence-electron chi connectivity index (χ4n) is 2.77. The Bertz CT molecular complexity index is 785. The van der Waals surface area contributed by atoms with Crippen molar-refractivity contribution in [2.75, 3.05) is 18.5 Å². The van der Waals surface area contributed by atoms with Crippen LogP contribution < -0.4 is 15.4 Å². The van der Waals surface area contributed by atoms with Gasteiger partial charge in [-0.2, -0.15) is 0 Å². The lowest BCUT2D eigenvalue weighted by molar-refractivity contribution is -0.118. The van der Waals surface area contributed by atoms with E-state index in [0.29, 0.717) is 29.5 Å². The SMILES string of the molecule is CCNC(=O)c1ccccc1NC(=O)COc1ccc(C(C)C)c(C)c1. The summed E-state index contributed by atoms with van der Waals surface area (Å²) in [6.45, 7) is 8.56. The highest BCUT2D eigenvalue weighted by atomic mass is 16.5. The van der Waals surface area contributed by atoms with Crippen molar-refractivity contribution in [2.24, 2.45) is 0 Å². The van der Waals surface area contributed by atoms with Gasteiger partial charge in [-0.15, -0.1) is 0 Å². The van der Waals surface area contributed by atoms with Crippen molar-refractivity contribution in [3.05, 3.63) is 59.2 Å². The largest absolute Gasteiger partial charge is 0.484 e. The van der Waals surface area contributed by atoms with Gasteiger partial charge >= 0.3 is 0 Å². The summed E-state index contributed by atoms with van der Waals surface area (Å²) in [6.07, 6.45) is 0. The van der Waals surface area contributed by atoms with Crippen molar-refractivity contribution < 1.29 is 14.3 Å². The molecular formula is C21H26N2O3. The molecular weight excluding hydrogens is 328 g/mol. The molecule has 0 saturated carbocycles. The molecule has 0 aliphatic carbocycles. The number of carbonyl (C=O) groups excluding carboxylic acids is 2. The third-order valence-corrected chi connectivity index (χ3v) is 4.02. The molecule has 2 aromatic rings. The highest BCUT2D eigenvalue weighted by Gasteiger charge is 2.13. The summed E-state index contributed by atoms with van der Waals surface area (Å²) in [5, 5.41) is 5.47. The fourth-order valence-corrected chi connectivity index (χ4v) is 2.77. The van der Waals surface area contributed by atoms with E-state index in [1.807, 2.05) is 32.0 Å². The minimum absolute atomic E-state index is 0.121. The molecule has 0 saturated heterocycles. The maximum absolute atomic E-state index is 12.2. The van der Waals surface area contributed by atoms with E-state index in [9.17, 15) is 9.59 Å². The van der Waals surface area contributed by atoms with Crippen LogP contribution in [-0.4, -0.2) is 25.0 Å². The topological polar surface area (TPSA) is 67.4 Å². The van der Waals surface area contributed by atoms with Gasteiger partial charge in [-0.25, -0.2) is 0 Å². The number of hydrogen-bond donors (Lipinski definition) is 2. The Labute approximate surface area is 154 Å². The maximum Gasteiger partial charge on any atom is 0.262 e. The molecule has 2 N–H and O–H groups in total. The number of aryl methyl sites for hydroxylation is 1. The van der Waals surface area contributed by atoms with E-state index in [1.54, 1.807) is 24.3 Å². The van der Waals surface area contributed by atoms with Gasteiger partial charge in [-0.3, -0.25) is 9.59 Å². The number of para-hydroxylation sites is 1. The molecule has 0 aromatic heterocycles. The first-order valence-electron chi connectivity index (χ1n) is 8.82. The van der Waals surface area contributed by atoms with Crippen molar-refractivity contribution in [1.82, 2.24) is 5.32 Å². The van der Waals surface area contributed by atoms with E-state index >= 15 is 0 Å². The van der Waals surface area contributed by atoms with E-state index < -0.39 is 0 Å². The van der Waals surface area contributed by atoms with E-state index in [1.165, 1.54) is 5.56 Å². The van der Waals surface area contributed by atoms with Gasteiger partial charge in [0.05, 0.1) is 11.3 Å². The molecule has 0 spiro atoms. The van der Waals surface area contributed by atoms with Crippen molar-refractivity contribution in [2.45, 2.75) is 33.6 Å². The van der Waals surface area contributed by atoms with E-state index in [2.05, 4.69) is 24.5 Å². The molecule has 2 amide bonds. The highest BCUT2D eigenvalue weighted by Crippen LogP contribution is 2.23. The van der Waals surface area contributed by atoms with Gasteiger partial charge in [0, 0.05) is 6.54 Å². The molecule has 5 nitrogen and oxygen atoms in total. The number of benzene rings is 2. The van der Waals surface area contributed by atoms with Crippen molar-refractivity contribution in [1.29, 1.82) is 0 Å². The van der Waals surface area contributed by atoms with Gasteiger partial charge in [0.15, 0.2) is 6.61 Å². The average molecular weight is 354 g/mol. The number of amides is 2. The Balaban J connectivity index is 2.00. The first kappa shape index (κ1) is 19.5. The van der Waals surface area contributed by atoms with Crippen LogP contribution >= 0.6 is 0 Å². The normalized spacial score (nSPS) is 10.5. The van der Waals surface area contributed by atoms with E-state index in [0.717, 1.165) is 5.56 Å². The lowest BCUT2D eigenvalue weighted by Crippen LogP contribution is -2.26. The van der Waals surface area contributed by atoms with Crippen molar-refractivity contribution in [3.63, 3.8) is 0 Å². The zero-order valence-electron chi connectivity index (χ0n) is 15.8. The van der Waals surface area contributed by atoms with Gasteiger partial charge in [-0.05, 0) is 55.2 Å². The van der Waals surface area contributed by atoms with Crippen LogP contribution in [0.2, 0.25) is 0 Å². The minimum atomic E-state index is -0.313. The molecule has 0 atom stereocenters. The Morgan fingerprint density at radius 3 is 2.50 bits per heavy atom. The summed E-state index contributed by atoms with van der Waals surface area (Å²) in [6, 6.07) is 12.7. The second-order valence-electron chi connectivity index (χ2n) is 6.41. The van der Waals surface area contributed by atoms with Crippen molar-refractivity contribution >= 4 is 17.5 Å². The number of hydrogen-bond acceptors (Lipinski definition) is 3. The Morgan fingerprint density at radius 2 is 1.85 bits per heavy atom. The smallest absolute Gasteiger partial charge is 0.262 e. The average Bonchev–Trinajstić information content (AvgIpc) is 2.60. The predicted octanol–water partition coefficient (Wildman–Crippen LogP) is 3.89. The first-order chi connectivity index (χ1) is 12.4. The number of rotatable bonds is 7. The third kappa shape index (κ3) is 5.09. The van der Waals surface area contributed by atoms with Gasteiger partial charge in [0.25, 0.3) is 11.8 Å². The Kier molecular flexibility index (Phi) is 6.78. The molecule has 0 bridgehead atoms. The molecule has 0 heterocycles. The molecule has 26 heavy (non-hydrogen) atoms. The fraction of sp³-hybridized carbons (Fsp3) is 0.333. The summed E-state index contributed by atoms with van der Waals surface area (Å²) in [4.78, 5) is 24.3. The zero-order chi connectivity index (χ0) is 19.1. The zero-order valence-corrected chi connectivity index (χ0v) is 15.8. The summed E-state index contributed by atoms with van der Waals surface area (Å²) in [5.74, 6) is 0.564. The molecule has 0 aliphatic heterocycles. The van der Waals surface area contributed by atoms with Crippen molar-refractivity contribution in [3.8, 4) is 5.75 Å². The molecule has 2 rings (SSSR count). The van der Waals surface area contributed by atoms with Gasteiger partial charge < -0.3 is 15.4 Å². The van der Waals surface area contributed by atoms with E-state index in [4.69, 9.17) is 4.74 Å². The summed E-state index contributed by atoms with van der Waals surface area (Å²) >= 11 is 0. The second-order valence-corrected chi connectivity index (χ2v) is 6.41. The second kappa shape index (κ2) is 9.04. The van der Waals surface area contributed by atoms with Crippen LogP contribution in [0, 0.1) is 6.92 Å². The minimum Gasteiger partial charge on any atom is -0.484 e. The molecule has 2 aromatic carbocycles. The highest BCUT2D eigenvalue weighted by molar-refractivity contribution is 6.04. The quantitative estimate of drug-likeness (QED) is 0.793. The maximum atomic E-state index is 12.2. The molecule has 0 unspecified atom stereocenters. The lowest BCUT2D eigenvalue weighted by Gasteiger charge is -2.13. The monoisotopic (exact) mass is 354 g/mol. The van der Waals surface area contributed by atoms with Crippen LogP contribution in [0.25, 0.3) is 0 Å². The van der Waals surface area contributed by atoms with E-state index in [-0.39, 0.29) is 18.4 Å². The number of nitrogens with one attached hydrogen (secondary N) is 2. The van der Waals surface area contributed by atoms with Crippen LogP contribution in [0.5, 0.6) is 5.75 Å². The van der Waals surface area contributed by atoms with Gasteiger partial charge in [0.2, 0.25) is 0 Å². The number of anilines is 1. The lowest BCUT2D eigenvalue weighted by atomic mass is 9.98. The number of ether oxygens (including phenoxy) is 1. The van der Waals surface area contributed by atoms with Crippen LogP contribution in [0.1, 0.15) is 48.2 Å². The van der Waals surface area contributed by atoms with Crippen LogP contribution in [0.3, 0.4) is 0 Å². The Morgan fingerprint density at radius 1 is 1.12 bits per heavy atom. The predicted molar refractivity (Wildman–Crippen MR) is 104 cm³/mol. The molecule has 0 fully saturated rings. The molecule has 0 radical (unpaired) electrons. The van der Waals surface area contributed by atoms with Crippen LogP contribution in [-0.2, 0) is 4.79 Å². The van der Waals surface area contributed by atoms with Gasteiger partial charge in [0.1, 0.15) is 5.75 Å². The summed E-state index contributed by atoms with van der Waals surface area (Å²) < 4.78 is 5.59. The standard InChI is InChI=1S/C21H26N2O3/c1-5-22-21(25)18-8-6-7-9-19(18)23-20(24)13-26-16-10-11-17(14(2)3)15(4)12-16/h6-12,14H,5,13H2,1-4H3,(H,22,25)(H,23,24).